The van der Waals surface area contributed by atoms with Crippen LogP contribution in [0.1, 0.15) is 30.9 Å². The summed E-state index contributed by atoms with van der Waals surface area (Å²) in [4.78, 5) is 51.4. The highest BCUT2D eigenvalue weighted by molar-refractivity contribution is 8.18. The first-order valence-corrected chi connectivity index (χ1v) is 13.8. The maximum absolute atomic E-state index is 12.9. The average Bonchev–Trinajstić information content (AvgIpc) is 3.20. The van der Waals surface area contributed by atoms with Gasteiger partial charge in [0.05, 0.1) is 12.0 Å². The summed E-state index contributed by atoms with van der Waals surface area (Å²) < 4.78 is 11.1. The Labute approximate surface area is 246 Å². The Bertz CT molecular complexity index is 1510. The van der Waals surface area contributed by atoms with Crippen LogP contribution in [0.25, 0.3) is 6.08 Å². The van der Waals surface area contributed by atoms with Gasteiger partial charge in [0.1, 0.15) is 6.54 Å². The molecule has 1 heterocycles. The first-order chi connectivity index (χ1) is 19.6. The van der Waals surface area contributed by atoms with Crippen molar-refractivity contribution in [3.8, 4) is 11.5 Å². The lowest BCUT2D eigenvalue weighted by molar-refractivity contribution is -0.127. The van der Waals surface area contributed by atoms with Gasteiger partial charge in [-0.05, 0) is 77.3 Å². The number of carbonyl (C=O) groups excluding carboxylic acids is 4. The van der Waals surface area contributed by atoms with Crippen molar-refractivity contribution >= 4 is 63.8 Å². The molecule has 3 aromatic rings. The van der Waals surface area contributed by atoms with Crippen molar-refractivity contribution < 1.29 is 28.7 Å². The van der Waals surface area contributed by atoms with Crippen molar-refractivity contribution in [2.24, 2.45) is 0 Å². The summed E-state index contributed by atoms with van der Waals surface area (Å²) in [6, 6.07) is 19.0. The molecule has 4 amide bonds. The Morgan fingerprint density at radius 1 is 0.976 bits per heavy atom. The monoisotopic (exact) mass is 593 g/mol. The Hall–Kier alpha value is -4.28. The number of carbonyl (C=O) groups is 4. The maximum atomic E-state index is 12.9. The summed E-state index contributed by atoms with van der Waals surface area (Å²) in [7, 11) is 1.46. The number of hydrogen-bond donors (Lipinski definition) is 2. The smallest absolute Gasteiger partial charge is 0.294 e. The Kier molecular flexibility index (Phi) is 9.69. The van der Waals surface area contributed by atoms with Crippen LogP contribution in [0.5, 0.6) is 11.5 Å². The molecule has 4 rings (SSSR count). The molecular formula is C30H28ClN3O6S. The number of imide groups is 1. The summed E-state index contributed by atoms with van der Waals surface area (Å²) in [5.74, 6) is -0.495. The molecule has 3 aromatic carbocycles. The zero-order chi connectivity index (χ0) is 29.5. The topological polar surface area (TPSA) is 114 Å². The molecular weight excluding hydrogens is 566 g/mol. The minimum atomic E-state index is -0.580. The third-order valence-electron chi connectivity index (χ3n) is 6.00. The fraction of sp³-hybridized carbons (Fsp3) is 0.200. The number of halogens is 1. The third-order valence-corrected chi connectivity index (χ3v) is 7.16. The lowest BCUT2D eigenvalue weighted by atomic mass is 10.0. The van der Waals surface area contributed by atoms with E-state index >= 15 is 0 Å². The molecule has 212 valence electrons. The van der Waals surface area contributed by atoms with Crippen LogP contribution in [0.2, 0.25) is 5.02 Å². The van der Waals surface area contributed by atoms with E-state index in [0.717, 1.165) is 27.9 Å². The van der Waals surface area contributed by atoms with Crippen molar-refractivity contribution in [2.45, 2.75) is 19.8 Å². The first-order valence-electron chi connectivity index (χ1n) is 12.6. The molecule has 0 bridgehead atoms. The largest absolute Gasteiger partial charge is 0.493 e. The number of thioether (sulfide) groups is 1. The van der Waals surface area contributed by atoms with E-state index in [0.29, 0.717) is 27.8 Å². The summed E-state index contributed by atoms with van der Waals surface area (Å²) >= 11 is 6.59. The van der Waals surface area contributed by atoms with E-state index in [-0.39, 0.29) is 23.3 Å². The molecule has 0 aliphatic carbocycles. The Balaban J connectivity index is 1.38. The van der Waals surface area contributed by atoms with E-state index in [4.69, 9.17) is 21.1 Å². The van der Waals surface area contributed by atoms with Crippen LogP contribution in [0.4, 0.5) is 16.2 Å². The van der Waals surface area contributed by atoms with Gasteiger partial charge in [0.15, 0.2) is 18.1 Å². The van der Waals surface area contributed by atoms with Gasteiger partial charge in [0, 0.05) is 16.4 Å². The van der Waals surface area contributed by atoms with Crippen LogP contribution in [-0.2, 0) is 14.4 Å². The standard InChI is InChI=1S/C30H28ClN3O6S/c1-18(2)22-6-4-5-7-23(22)33-28(36)17-40-24-13-8-19(14-25(24)39-3)15-26-29(37)34(30(38)41-26)16-27(35)32-21-11-9-20(31)10-12-21/h4-15,18H,16-17H2,1-3H3,(H,32,35)(H,33,36)/b26-15-. The van der Waals surface area contributed by atoms with Gasteiger partial charge in [-0.1, -0.05) is 49.7 Å². The lowest BCUT2D eigenvalue weighted by Gasteiger charge is -2.15. The number of ether oxygens (including phenoxy) is 2. The normalized spacial score (nSPS) is 14.0. The number of anilines is 2. The van der Waals surface area contributed by atoms with Gasteiger partial charge in [-0.25, -0.2) is 0 Å². The van der Waals surface area contributed by atoms with Crippen LogP contribution in [0.15, 0.2) is 71.6 Å². The number of rotatable bonds is 10. The quantitative estimate of drug-likeness (QED) is 0.270. The molecule has 0 spiro atoms. The molecule has 41 heavy (non-hydrogen) atoms. The van der Waals surface area contributed by atoms with Gasteiger partial charge >= 0.3 is 0 Å². The zero-order valence-electron chi connectivity index (χ0n) is 22.6. The molecule has 0 unspecified atom stereocenters. The highest BCUT2D eigenvalue weighted by Crippen LogP contribution is 2.34. The number of benzene rings is 3. The van der Waals surface area contributed by atoms with E-state index in [9.17, 15) is 19.2 Å². The van der Waals surface area contributed by atoms with E-state index in [1.165, 1.54) is 13.2 Å². The minimum absolute atomic E-state index is 0.160. The first kappa shape index (κ1) is 29.7. The summed E-state index contributed by atoms with van der Waals surface area (Å²) in [6.45, 7) is 3.44. The van der Waals surface area contributed by atoms with E-state index in [1.54, 1.807) is 42.5 Å². The van der Waals surface area contributed by atoms with Gasteiger partial charge in [0.2, 0.25) is 5.91 Å². The molecule has 11 heteroatoms. The predicted molar refractivity (Wildman–Crippen MR) is 160 cm³/mol. The van der Waals surface area contributed by atoms with Gasteiger partial charge in [0.25, 0.3) is 17.1 Å². The number of hydrogen-bond acceptors (Lipinski definition) is 7. The Morgan fingerprint density at radius 3 is 2.41 bits per heavy atom. The predicted octanol–water partition coefficient (Wildman–Crippen LogP) is 6.16. The number of nitrogens with zero attached hydrogens (tertiary/aromatic N) is 1. The molecule has 0 atom stereocenters. The molecule has 2 N–H and O–H groups in total. The molecule has 0 saturated carbocycles. The van der Waals surface area contributed by atoms with Crippen LogP contribution in [0.3, 0.4) is 0 Å². The molecule has 0 radical (unpaired) electrons. The highest BCUT2D eigenvalue weighted by Gasteiger charge is 2.36. The molecule has 1 fully saturated rings. The number of methoxy groups -OCH3 is 1. The van der Waals surface area contributed by atoms with E-state index in [2.05, 4.69) is 10.6 Å². The molecule has 9 nitrogen and oxygen atoms in total. The van der Waals surface area contributed by atoms with Gasteiger partial charge in [-0.2, -0.15) is 0 Å². The fourth-order valence-corrected chi connectivity index (χ4v) is 4.97. The van der Waals surface area contributed by atoms with Crippen LogP contribution >= 0.6 is 23.4 Å². The second kappa shape index (κ2) is 13.4. The second-order valence-corrected chi connectivity index (χ2v) is 10.7. The van der Waals surface area contributed by atoms with Crippen LogP contribution in [-0.4, -0.2) is 48.1 Å². The average molecular weight is 594 g/mol. The molecule has 1 aliphatic heterocycles. The maximum Gasteiger partial charge on any atom is 0.294 e. The molecule has 1 aliphatic rings. The third kappa shape index (κ3) is 7.68. The Morgan fingerprint density at radius 2 is 1.71 bits per heavy atom. The summed E-state index contributed by atoms with van der Waals surface area (Å²) in [5, 5.41) is 5.48. The van der Waals surface area contributed by atoms with E-state index in [1.807, 2.05) is 38.1 Å². The second-order valence-electron chi connectivity index (χ2n) is 9.31. The van der Waals surface area contributed by atoms with Crippen molar-refractivity contribution in [1.82, 2.24) is 4.90 Å². The lowest BCUT2D eigenvalue weighted by Crippen LogP contribution is -2.36. The zero-order valence-corrected chi connectivity index (χ0v) is 24.2. The molecule has 1 saturated heterocycles. The highest BCUT2D eigenvalue weighted by atomic mass is 35.5. The van der Waals surface area contributed by atoms with Crippen LogP contribution in [0, 0.1) is 0 Å². The van der Waals surface area contributed by atoms with Crippen molar-refractivity contribution in [2.75, 3.05) is 30.9 Å². The van der Waals surface area contributed by atoms with E-state index < -0.39 is 23.6 Å². The summed E-state index contributed by atoms with van der Waals surface area (Å²) in [6.07, 6.45) is 1.53. The number of amides is 4. The fourth-order valence-electron chi connectivity index (χ4n) is 4.00. The van der Waals surface area contributed by atoms with Gasteiger partial charge in [-0.15, -0.1) is 0 Å². The van der Waals surface area contributed by atoms with Crippen molar-refractivity contribution in [1.29, 1.82) is 0 Å². The number of nitrogens with one attached hydrogen (secondary N) is 2. The summed E-state index contributed by atoms with van der Waals surface area (Å²) in [5.41, 5.74) is 2.82. The number of para-hydroxylation sites is 1. The van der Waals surface area contributed by atoms with Crippen molar-refractivity contribution in [3.05, 3.63) is 87.8 Å². The SMILES string of the molecule is COc1cc(/C=C2\SC(=O)N(CC(=O)Nc3ccc(Cl)cc3)C2=O)ccc1OCC(=O)Nc1ccccc1C(C)C. The minimum Gasteiger partial charge on any atom is -0.493 e. The molecule has 0 aromatic heterocycles. The van der Waals surface area contributed by atoms with Crippen molar-refractivity contribution in [3.63, 3.8) is 0 Å². The van der Waals surface area contributed by atoms with Crippen LogP contribution < -0.4 is 20.1 Å². The van der Waals surface area contributed by atoms with Gasteiger partial charge < -0.3 is 20.1 Å². The van der Waals surface area contributed by atoms with Gasteiger partial charge in [-0.3, -0.25) is 24.1 Å².